The van der Waals surface area contributed by atoms with Crippen LogP contribution in [0, 0.1) is 0 Å². The predicted molar refractivity (Wildman–Crippen MR) is 85.5 cm³/mol. The Morgan fingerprint density at radius 3 is 2.62 bits per heavy atom. The summed E-state index contributed by atoms with van der Waals surface area (Å²) in [6.07, 6.45) is 3.96. The van der Waals surface area contributed by atoms with Crippen molar-refractivity contribution >= 4 is 18.0 Å². The predicted octanol–water partition coefficient (Wildman–Crippen LogP) is 2.68. The van der Waals surface area contributed by atoms with E-state index in [-0.39, 0.29) is 11.9 Å². The fourth-order valence-electron chi connectivity index (χ4n) is 2.71. The van der Waals surface area contributed by atoms with Crippen molar-refractivity contribution in [1.82, 2.24) is 15.1 Å². The highest BCUT2D eigenvalue weighted by atomic mass is 16.6. The molecule has 3 rings (SSSR count). The number of amides is 2. The van der Waals surface area contributed by atoms with E-state index in [4.69, 9.17) is 9.15 Å². The number of likely N-dealkylation sites (tertiary alicyclic amines) is 1. The Kier molecular flexibility index (Phi) is 4.47. The van der Waals surface area contributed by atoms with Gasteiger partial charge in [0.2, 0.25) is 5.89 Å². The number of ether oxygens (including phenoxy) is 1. The van der Waals surface area contributed by atoms with Crippen molar-refractivity contribution < 1.29 is 18.7 Å². The van der Waals surface area contributed by atoms with E-state index in [2.05, 4.69) is 15.5 Å². The molecule has 2 heterocycles. The largest absolute Gasteiger partial charge is 0.444 e. The summed E-state index contributed by atoms with van der Waals surface area (Å²) in [5, 5.41) is 10.4. The molecule has 2 amide bonds. The van der Waals surface area contributed by atoms with E-state index in [1.54, 1.807) is 0 Å². The van der Waals surface area contributed by atoms with Crippen LogP contribution in [0.4, 0.5) is 10.8 Å². The topological polar surface area (TPSA) is 97.6 Å². The number of anilines is 1. The van der Waals surface area contributed by atoms with Gasteiger partial charge in [-0.15, -0.1) is 5.10 Å². The van der Waals surface area contributed by atoms with E-state index >= 15 is 0 Å². The fourth-order valence-corrected chi connectivity index (χ4v) is 2.71. The zero-order chi connectivity index (χ0) is 17.3. The number of carbonyl (C=O) groups excluding carboxylic acids is 2. The van der Waals surface area contributed by atoms with Gasteiger partial charge < -0.3 is 9.15 Å². The molecule has 0 spiro atoms. The highest BCUT2D eigenvalue weighted by Gasteiger charge is 2.36. The first-order chi connectivity index (χ1) is 11.3. The number of aromatic nitrogens is 2. The minimum atomic E-state index is -0.596. The number of rotatable bonds is 3. The van der Waals surface area contributed by atoms with Gasteiger partial charge >= 0.3 is 12.1 Å². The molecule has 1 saturated heterocycles. The molecular weight excluding hydrogens is 312 g/mol. The molecule has 1 aromatic rings. The lowest BCUT2D eigenvalue weighted by molar-refractivity contribution is -0.122. The maximum absolute atomic E-state index is 12.6. The summed E-state index contributed by atoms with van der Waals surface area (Å²) in [6, 6.07) is -0.485. The van der Waals surface area contributed by atoms with E-state index in [0.29, 0.717) is 24.8 Å². The first-order valence-electron chi connectivity index (χ1n) is 8.47. The van der Waals surface area contributed by atoms with Gasteiger partial charge in [-0.1, -0.05) is 5.10 Å². The first kappa shape index (κ1) is 16.7. The van der Waals surface area contributed by atoms with Crippen LogP contribution in [-0.2, 0) is 9.53 Å². The van der Waals surface area contributed by atoms with Crippen molar-refractivity contribution in [2.75, 3.05) is 11.9 Å². The summed E-state index contributed by atoms with van der Waals surface area (Å²) < 4.78 is 10.9. The standard InChI is InChI=1S/C16H24N4O4/c1-16(2,3)24-15(22)20-9-5-4-6-11(20)12(21)17-14-19-18-13(23-14)10-7-8-10/h10-11H,4-9H2,1-3H3,(H,17,19,21)/t11-/m1/s1. The van der Waals surface area contributed by atoms with Crippen LogP contribution in [0.1, 0.15) is 64.7 Å². The molecule has 24 heavy (non-hydrogen) atoms. The highest BCUT2D eigenvalue weighted by molar-refractivity contribution is 5.95. The van der Waals surface area contributed by atoms with E-state index in [1.807, 2.05) is 20.8 Å². The van der Waals surface area contributed by atoms with Crippen molar-refractivity contribution in [3.8, 4) is 0 Å². The van der Waals surface area contributed by atoms with Crippen molar-refractivity contribution in [1.29, 1.82) is 0 Å². The van der Waals surface area contributed by atoms with Gasteiger partial charge in [0.05, 0.1) is 0 Å². The van der Waals surface area contributed by atoms with Gasteiger partial charge in [-0.2, -0.15) is 0 Å². The van der Waals surface area contributed by atoms with Gasteiger partial charge in [0, 0.05) is 12.5 Å². The summed E-state index contributed by atoms with van der Waals surface area (Å²) in [7, 11) is 0. The number of nitrogens with zero attached hydrogens (tertiary/aromatic N) is 3. The van der Waals surface area contributed by atoms with Crippen LogP contribution in [0.15, 0.2) is 4.42 Å². The maximum atomic E-state index is 12.6. The summed E-state index contributed by atoms with van der Waals surface area (Å²) in [6.45, 7) is 5.93. The van der Waals surface area contributed by atoms with E-state index in [1.165, 1.54) is 4.90 Å². The van der Waals surface area contributed by atoms with Gasteiger partial charge in [-0.25, -0.2) is 4.79 Å². The van der Waals surface area contributed by atoms with Crippen LogP contribution >= 0.6 is 0 Å². The van der Waals surface area contributed by atoms with Gasteiger partial charge in [0.1, 0.15) is 11.6 Å². The lowest BCUT2D eigenvalue weighted by Crippen LogP contribution is -2.51. The van der Waals surface area contributed by atoms with Crippen LogP contribution in [-0.4, -0.2) is 45.3 Å². The number of hydrogen-bond acceptors (Lipinski definition) is 6. The van der Waals surface area contributed by atoms with Gasteiger partial charge in [0.25, 0.3) is 5.91 Å². The molecule has 1 aliphatic heterocycles. The molecule has 0 unspecified atom stereocenters. The normalized spacial score (nSPS) is 21.5. The molecule has 8 heteroatoms. The average Bonchev–Trinajstić information content (AvgIpc) is 3.26. The lowest BCUT2D eigenvalue weighted by atomic mass is 10.0. The molecule has 0 bridgehead atoms. The van der Waals surface area contributed by atoms with Crippen molar-refractivity contribution in [3.63, 3.8) is 0 Å². The molecule has 1 saturated carbocycles. The van der Waals surface area contributed by atoms with E-state index in [0.717, 1.165) is 25.7 Å². The van der Waals surface area contributed by atoms with Crippen molar-refractivity contribution in [3.05, 3.63) is 5.89 Å². The second-order valence-electron chi connectivity index (χ2n) is 7.39. The van der Waals surface area contributed by atoms with Crippen LogP contribution in [0.3, 0.4) is 0 Å². The van der Waals surface area contributed by atoms with Crippen LogP contribution in [0.5, 0.6) is 0 Å². The van der Waals surface area contributed by atoms with Crippen LogP contribution in [0.25, 0.3) is 0 Å². The Labute approximate surface area is 140 Å². The maximum Gasteiger partial charge on any atom is 0.410 e. The Balaban J connectivity index is 1.64. The second kappa shape index (κ2) is 6.41. The number of carbonyl (C=O) groups is 2. The summed E-state index contributed by atoms with van der Waals surface area (Å²) >= 11 is 0. The van der Waals surface area contributed by atoms with Crippen molar-refractivity contribution in [2.24, 2.45) is 0 Å². The van der Waals surface area contributed by atoms with Gasteiger partial charge in [-0.3, -0.25) is 15.0 Å². The number of hydrogen-bond donors (Lipinski definition) is 1. The Hall–Kier alpha value is -2.12. The van der Waals surface area contributed by atoms with Gasteiger partial charge in [-0.05, 0) is 52.9 Å². The third kappa shape index (κ3) is 4.04. The zero-order valence-electron chi connectivity index (χ0n) is 14.4. The molecule has 132 valence electrons. The SMILES string of the molecule is CC(C)(C)OC(=O)N1CCCC[C@@H]1C(=O)Nc1nnc(C2CC2)o1. The summed E-state index contributed by atoms with van der Waals surface area (Å²) in [5.41, 5.74) is -0.596. The monoisotopic (exact) mass is 336 g/mol. The molecule has 8 nitrogen and oxygen atoms in total. The minimum Gasteiger partial charge on any atom is -0.444 e. The molecule has 0 aromatic carbocycles. The summed E-state index contributed by atoms with van der Waals surface area (Å²) in [4.78, 5) is 26.4. The third-order valence-electron chi connectivity index (χ3n) is 4.03. The molecule has 1 aromatic heterocycles. The average molecular weight is 336 g/mol. The first-order valence-corrected chi connectivity index (χ1v) is 8.47. The molecule has 1 N–H and O–H groups in total. The highest BCUT2D eigenvalue weighted by Crippen LogP contribution is 2.39. The minimum absolute atomic E-state index is 0.0941. The lowest BCUT2D eigenvalue weighted by Gasteiger charge is -2.35. The molecule has 1 atom stereocenters. The second-order valence-corrected chi connectivity index (χ2v) is 7.39. The fraction of sp³-hybridized carbons (Fsp3) is 0.750. The van der Waals surface area contributed by atoms with Crippen molar-refractivity contribution in [2.45, 2.75) is 70.4 Å². The van der Waals surface area contributed by atoms with E-state index < -0.39 is 17.7 Å². The molecular formula is C16H24N4O4. The molecule has 2 aliphatic rings. The van der Waals surface area contributed by atoms with Crippen LogP contribution in [0.2, 0.25) is 0 Å². The Morgan fingerprint density at radius 2 is 1.96 bits per heavy atom. The summed E-state index contributed by atoms with van der Waals surface area (Å²) in [5.74, 6) is 0.584. The molecule has 1 aliphatic carbocycles. The third-order valence-corrected chi connectivity index (χ3v) is 4.03. The quantitative estimate of drug-likeness (QED) is 0.911. The van der Waals surface area contributed by atoms with Crippen LogP contribution < -0.4 is 5.32 Å². The zero-order valence-corrected chi connectivity index (χ0v) is 14.4. The Morgan fingerprint density at radius 1 is 1.21 bits per heavy atom. The number of nitrogens with one attached hydrogen (secondary N) is 1. The Bertz CT molecular complexity index is 618. The number of piperidine rings is 1. The smallest absolute Gasteiger partial charge is 0.410 e. The van der Waals surface area contributed by atoms with Gasteiger partial charge in [0.15, 0.2) is 0 Å². The molecule has 0 radical (unpaired) electrons. The molecule has 2 fully saturated rings. The van der Waals surface area contributed by atoms with E-state index in [9.17, 15) is 9.59 Å².